The fraction of sp³-hybridized carbons (Fsp3) is 0.667. The van der Waals surface area contributed by atoms with E-state index in [1.165, 1.54) is 24.0 Å². The summed E-state index contributed by atoms with van der Waals surface area (Å²) in [4.78, 5) is 0. The third kappa shape index (κ3) is 3.07. The van der Waals surface area contributed by atoms with Crippen LogP contribution in [0.15, 0.2) is 24.3 Å². The first-order valence-corrected chi connectivity index (χ1v) is 8.01. The van der Waals surface area contributed by atoms with E-state index in [9.17, 15) is 0 Å². The largest absolute Gasteiger partial charge is 0.376 e. The van der Waals surface area contributed by atoms with Crippen LogP contribution in [0.1, 0.15) is 69.5 Å². The lowest BCUT2D eigenvalue weighted by Crippen LogP contribution is -2.43. The van der Waals surface area contributed by atoms with Crippen LogP contribution in [0, 0.1) is 0 Å². The molecular formula is C18H29NO. The summed E-state index contributed by atoms with van der Waals surface area (Å²) in [5, 5.41) is 3.66. The lowest BCUT2D eigenvalue weighted by atomic mass is 9.85. The van der Waals surface area contributed by atoms with Gasteiger partial charge in [0.1, 0.15) is 0 Å². The number of hydrogen-bond acceptors (Lipinski definition) is 2. The predicted molar refractivity (Wildman–Crippen MR) is 85.2 cm³/mol. The monoisotopic (exact) mass is 275 g/mol. The average molecular weight is 275 g/mol. The Morgan fingerprint density at radius 2 is 1.65 bits per heavy atom. The van der Waals surface area contributed by atoms with Crippen molar-refractivity contribution in [3.8, 4) is 0 Å². The maximum absolute atomic E-state index is 5.98. The minimum Gasteiger partial charge on any atom is -0.376 e. The Hall–Kier alpha value is -0.860. The molecule has 1 atom stereocenters. The molecule has 0 bridgehead atoms. The van der Waals surface area contributed by atoms with Gasteiger partial charge in [-0.1, -0.05) is 57.9 Å². The van der Waals surface area contributed by atoms with Crippen molar-refractivity contribution >= 4 is 0 Å². The van der Waals surface area contributed by atoms with E-state index in [1.54, 1.807) is 0 Å². The van der Waals surface area contributed by atoms with Gasteiger partial charge < -0.3 is 10.1 Å². The molecule has 0 radical (unpaired) electrons. The third-order valence-corrected chi connectivity index (χ3v) is 4.73. The second-order valence-electron chi connectivity index (χ2n) is 6.29. The summed E-state index contributed by atoms with van der Waals surface area (Å²) >= 11 is 0. The van der Waals surface area contributed by atoms with E-state index in [1.807, 2.05) is 7.11 Å². The topological polar surface area (TPSA) is 21.3 Å². The van der Waals surface area contributed by atoms with Crippen molar-refractivity contribution in [2.24, 2.45) is 0 Å². The molecule has 1 aliphatic rings. The van der Waals surface area contributed by atoms with Gasteiger partial charge in [0, 0.05) is 7.11 Å². The van der Waals surface area contributed by atoms with Crippen LogP contribution in [0.5, 0.6) is 0 Å². The molecule has 2 nitrogen and oxygen atoms in total. The molecule has 2 heteroatoms. The zero-order chi connectivity index (χ0) is 14.6. The van der Waals surface area contributed by atoms with Crippen molar-refractivity contribution in [3.05, 3.63) is 35.4 Å². The lowest BCUT2D eigenvalue weighted by Gasteiger charge is -2.37. The molecule has 2 rings (SSSR count). The van der Waals surface area contributed by atoms with Crippen LogP contribution >= 0.6 is 0 Å². The van der Waals surface area contributed by atoms with Crippen molar-refractivity contribution in [2.45, 2.75) is 64.0 Å². The van der Waals surface area contributed by atoms with E-state index in [2.05, 4.69) is 50.4 Å². The first kappa shape index (κ1) is 15.5. The van der Waals surface area contributed by atoms with Gasteiger partial charge in [-0.25, -0.2) is 0 Å². The molecule has 0 spiro atoms. The van der Waals surface area contributed by atoms with E-state index in [4.69, 9.17) is 4.74 Å². The summed E-state index contributed by atoms with van der Waals surface area (Å²) in [7, 11) is 1.87. The van der Waals surface area contributed by atoms with Gasteiger partial charge >= 0.3 is 0 Å². The zero-order valence-corrected chi connectivity index (χ0v) is 13.4. The van der Waals surface area contributed by atoms with Gasteiger partial charge in [0.15, 0.2) is 0 Å². The van der Waals surface area contributed by atoms with Gasteiger partial charge in [-0.3, -0.25) is 0 Å². The quantitative estimate of drug-likeness (QED) is 0.830. The molecule has 1 N–H and O–H groups in total. The van der Waals surface area contributed by atoms with Crippen molar-refractivity contribution in [1.82, 2.24) is 5.32 Å². The Balaban J connectivity index is 2.27. The van der Waals surface area contributed by atoms with Crippen LogP contribution in [0.2, 0.25) is 0 Å². The molecule has 1 aliphatic carbocycles. The molecule has 1 saturated carbocycles. The first-order chi connectivity index (χ1) is 9.63. The number of likely N-dealkylation sites (N-methyl/N-ethyl adjacent to an activating group) is 1. The molecule has 1 unspecified atom stereocenters. The molecule has 1 aromatic carbocycles. The molecular weight excluding hydrogens is 246 g/mol. The highest BCUT2D eigenvalue weighted by Gasteiger charge is 2.41. The molecule has 0 aliphatic heterocycles. The summed E-state index contributed by atoms with van der Waals surface area (Å²) in [6.45, 7) is 7.63. The van der Waals surface area contributed by atoms with E-state index in [0.717, 1.165) is 19.4 Å². The van der Waals surface area contributed by atoms with Gasteiger partial charge in [-0.05, 0) is 36.4 Å². The van der Waals surface area contributed by atoms with Crippen LogP contribution in [0.4, 0.5) is 0 Å². The molecule has 112 valence electrons. The highest BCUT2D eigenvalue weighted by Crippen LogP contribution is 2.42. The normalized spacial score (nSPS) is 19.4. The number of methoxy groups -OCH3 is 1. The third-order valence-electron chi connectivity index (χ3n) is 4.73. The van der Waals surface area contributed by atoms with Gasteiger partial charge in [0.25, 0.3) is 0 Å². The van der Waals surface area contributed by atoms with Crippen molar-refractivity contribution in [1.29, 1.82) is 0 Å². The molecule has 0 aromatic heterocycles. The molecule has 1 fully saturated rings. The van der Waals surface area contributed by atoms with E-state index in [-0.39, 0.29) is 5.60 Å². The fourth-order valence-electron chi connectivity index (χ4n) is 3.47. The van der Waals surface area contributed by atoms with Crippen molar-refractivity contribution < 1.29 is 4.74 Å². The fourth-order valence-corrected chi connectivity index (χ4v) is 3.47. The van der Waals surface area contributed by atoms with Crippen LogP contribution in [0.25, 0.3) is 0 Å². The summed E-state index contributed by atoms with van der Waals surface area (Å²) in [5.41, 5.74) is 2.75. The second-order valence-corrected chi connectivity index (χ2v) is 6.29. The Bertz CT molecular complexity index is 404. The van der Waals surface area contributed by atoms with Crippen LogP contribution in [-0.4, -0.2) is 19.3 Å². The number of hydrogen-bond donors (Lipinski definition) is 1. The second kappa shape index (κ2) is 6.73. The molecule has 0 heterocycles. The van der Waals surface area contributed by atoms with Gasteiger partial charge in [0.2, 0.25) is 0 Å². The number of nitrogens with one attached hydrogen (secondary N) is 1. The molecule has 1 aromatic rings. The molecule has 0 saturated heterocycles. The van der Waals surface area contributed by atoms with Gasteiger partial charge in [-0.2, -0.15) is 0 Å². The number of rotatable bonds is 6. The lowest BCUT2D eigenvalue weighted by molar-refractivity contribution is -0.0364. The predicted octanol–water partition coefficient (Wildman–Crippen LogP) is 4.42. The van der Waals surface area contributed by atoms with E-state index < -0.39 is 0 Å². The standard InChI is InChI=1S/C18H29NO/c1-5-19-17(18(20-4)12-6-7-13-18)16-10-8-15(9-11-16)14(2)3/h8-11,14,17,19H,5-7,12-13H2,1-4H3. The van der Waals surface area contributed by atoms with Crippen LogP contribution in [-0.2, 0) is 4.74 Å². The van der Waals surface area contributed by atoms with Crippen molar-refractivity contribution in [2.75, 3.05) is 13.7 Å². The summed E-state index contributed by atoms with van der Waals surface area (Å²) < 4.78 is 5.98. The highest BCUT2D eigenvalue weighted by atomic mass is 16.5. The maximum atomic E-state index is 5.98. The molecule has 20 heavy (non-hydrogen) atoms. The Morgan fingerprint density at radius 3 is 2.10 bits per heavy atom. The SMILES string of the molecule is CCNC(c1ccc(C(C)C)cc1)C1(OC)CCCC1. The Kier molecular flexibility index (Phi) is 5.22. The molecule has 0 amide bonds. The number of ether oxygens (including phenoxy) is 1. The van der Waals surface area contributed by atoms with E-state index >= 15 is 0 Å². The minimum atomic E-state index is -0.0185. The average Bonchev–Trinajstić information content (AvgIpc) is 2.95. The van der Waals surface area contributed by atoms with Gasteiger partial charge in [-0.15, -0.1) is 0 Å². The summed E-state index contributed by atoms with van der Waals surface area (Å²) in [5.74, 6) is 0.588. The minimum absolute atomic E-state index is 0.0185. The maximum Gasteiger partial charge on any atom is 0.0872 e. The van der Waals surface area contributed by atoms with Crippen LogP contribution < -0.4 is 5.32 Å². The Labute approximate surface area is 123 Å². The van der Waals surface area contributed by atoms with Crippen molar-refractivity contribution in [3.63, 3.8) is 0 Å². The summed E-state index contributed by atoms with van der Waals surface area (Å²) in [6, 6.07) is 9.40. The first-order valence-electron chi connectivity index (χ1n) is 8.01. The summed E-state index contributed by atoms with van der Waals surface area (Å²) in [6.07, 6.45) is 4.87. The zero-order valence-electron chi connectivity index (χ0n) is 13.4. The van der Waals surface area contributed by atoms with Gasteiger partial charge in [0.05, 0.1) is 11.6 Å². The highest BCUT2D eigenvalue weighted by molar-refractivity contribution is 5.29. The van der Waals surface area contributed by atoms with Crippen LogP contribution in [0.3, 0.4) is 0 Å². The Morgan fingerprint density at radius 1 is 1.10 bits per heavy atom. The van der Waals surface area contributed by atoms with E-state index in [0.29, 0.717) is 12.0 Å². The smallest absolute Gasteiger partial charge is 0.0872 e. The number of benzene rings is 1.